The van der Waals surface area contributed by atoms with Gasteiger partial charge in [0.15, 0.2) is 0 Å². The van der Waals surface area contributed by atoms with E-state index in [9.17, 15) is 4.79 Å². The van der Waals surface area contributed by atoms with E-state index < -0.39 is 0 Å². The van der Waals surface area contributed by atoms with Crippen molar-refractivity contribution in [1.82, 2.24) is 14.9 Å². The number of hydrogen-bond donors (Lipinski definition) is 0. The molecule has 0 radical (unpaired) electrons. The topological polar surface area (TPSA) is 55.3 Å². The number of benzene rings is 1. The average molecular weight is 325 g/mol. The van der Waals surface area contributed by atoms with E-state index in [1.54, 1.807) is 18.6 Å². The standard InChI is InChI=1S/C19H23N3O2/c1-15-5-2-3-7-18(15)24-14-16-6-4-10-22(13-16)19(23)11-17-12-20-8-9-21-17/h2-3,5,7-9,12,16H,4,6,10-11,13-14H2,1H3. The van der Waals surface area contributed by atoms with Crippen molar-refractivity contribution in [3.63, 3.8) is 0 Å². The van der Waals surface area contributed by atoms with Gasteiger partial charge in [-0.25, -0.2) is 0 Å². The Balaban J connectivity index is 1.52. The predicted octanol–water partition coefficient (Wildman–Crippen LogP) is 2.65. The second kappa shape index (κ2) is 7.90. The summed E-state index contributed by atoms with van der Waals surface area (Å²) in [7, 11) is 0. The minimum Gasteiger partial charge on any atom is -0.493 e. The lowest BCUT2D eigenvalue weighted by Crippen LogP contribution is -2.42. The van der Waals surface area contributed by atoms with E-state index in [0.29, 0.717) is 18.9 Å². The van der Waals surface area contributed by atoms with Crippen LogP contribution in [-0.2, 0) is 11.2 Å². The van der Waals surface area contributed by atoms with Gasteiger partial charge in [-0.1, -0.05) is 18.2 Å². The molecule has 0 bridgehead atoms. The normalized spacial score (nSPS) is 17.5. The Labute approximate surface area is 142 Å². The molecule has 1 aliphatic rings. The average Bonchev–Trinajstić information content (AvgIpc) is 2.62. The first-order valence-electron chi connectivity index (χ1n) is 8.43. The van der Waals surface area contributed by atoms with E-state index in [1.165, 1.54) is 0 Å². The Hall–Kier alpha value is -2.43. The number of likely N-dealkylation sites (tertiary alicyclic amines) is 1. The molecule has 5 nitrogen and oxygen atoms in total. The number of hydrogen-bond acceptors (Lipinski definition) is 4. The highest BCUT2D eigenvalue weighted by atomic mass is 16.5. The quantitative estimate of drug-likeness (QED) is 0.848. The number of ether oxygens (including phenoxy) is 1. The van der Waals surface area contributed by atoms with Crippen LogP contribution in [0.5, 0.6) is 5.75 Å². The zero-order chi connectivity index (χ0) is 16.8. The molecule has 0 N–H and O–H groups in total. The highest BCUT2D eigenvalue weighted by Crippen LogP contribution is 2.21. The molecule has 1 atom stereocenters. The molecule has 1 amide bonds. The number of piperidine rings is 1. The fraction of sp³-hybridized carbons (Fsp3) is 0.421. The molecule has 3 rings (SSSR count). The van der Waals surface area contributed by atoms with Crippen molar-refractivity contribution in [2.24, 2.45) is 5.92 Å². The van der Waals surface area contributed by atoms with Crippen LogP contribution in [0.15, 0.2) is 42.9 Å². The summed E-state index contributed by atoms with van der Waals surface area (Å²) in [5.41, 5.74) is 1.87. The summed E-state index contributed by atoms with van der Waals surface area (Å²) in [6.07, 6.45) is 7.33. The van der Waals surface area contributed by atoms with Crippen molar-refractivity contribution in [3.05, 3.63) is 54.1 Å². The molecule has 0 aliphatic carbocycles. The van der Waals surface area contributed by atoms with Gasteiger partial charge < -0.3 is 9.64 Å². The molecular formula is C19H23N3O2. The van der Waals surface area contributed by atoms with Crippen LogP contribution in [0.2, 0.25) is 0 Å². The van der Waals surface area contributed by atoms with Crippen LogP contribution >= 0.6 is 0 Å². The molecule has 1 aromatic carbocycles. The van der Waals surface area contributed by atoms with Gasteiger partial charge in [0, 0.05) is 37.6 Å². The third-order valence-corrected chi connectivity index (χ3v) is 4.39. The van der Waals surface area contributed by atoms with Gasteiger partial charge >= 0.3 is 0 Å². The highest BCUT2D eigenvalue weighted by molar-refractivity contribution is 5.78. The first-order chi connectivity index (χ1) is 11.7. The van der Waals surface area contributed by atoms with Crippen molar-refractivity contribution in [2.45, 2.75) is 26.2 Å². The number of amides is 1. The van der Waals surface area contributed by atoms with E-state index in [4.69, 9.17) is 4.74 Å². The van der Waals surface area contributed by atoms with Gasteiger partial charge in [-0.05, 0) is 31.4 Å². The summed E-state index contributed by atoms with van der Waals surface area (Å²) in [6, 6.07) is 8.04. The minimum atomic E-state index is 0.121. The van der Waals surface area contributed by atoms with E-state index in [-0.39, 0.29) is 5.91 Å². The van der Waals surface area contributed by atoms with Crippen LogP contribution in [-0.4, -0.2) is 40.5 Å². The lowest BCUT2D eigenvalue weighted by molar-refractivity contribution is -0.132. The van der Waals surface area contributed by atoms with Gasteiger partial charge in [-0.2, -0.15) is 0 Å². The van der Waals surface area contributed by atoms with Crippen molar-refractivity contribution in [3.8, 4) is 5.75 Å². The molecule has 1 aliphatic heterocycles. The van der Waals surface area contributed by atoms with E-state index >= 15 is 0 Å². The summed E-state index contributed by atoms with van der Waals surface area (Å²) in [5.74, 6) is 1.43. The zero-order valence-corrected chi connectivity index (χ0v) is 14.0. The molecule has 1 aromatic heterocycles. The van der Waals surface area contributed by atoms with Crippen LogP contribution in [0.3, 0.4) is 0 Å². The van der Waals surface area contributed by atoms with Crippen molar-refractivity contribution in [1.29, 1.82) is 0 Å². The number of rotatable bonds is 5. The summed E-state index contributed by atoms with van der Waals surface area (Å²) < 4.78 is 5.96. The largest absolute Gasteiger partial charge is 0.493 e. The maximum absolute atomic E-state index is 12.5. The van der Waals surface area contributed by atoms with Crippen molar-refractivity contribution >= 4 is 5.91 Å². The molecule has 1 fully saturated rings. The fourth-order valence-electron chi connectivity index (χ4n) is 3.04. The molecule has 1 unspecified atom stereocenters. The van der Waals surface area contributed by atoms with E-state index in [1.807, 2.05) is 36.1 Å². The van der Waals surface area contributed by atoms with Crippen LogP contribution in [0.25, 0.3) is 0 Å². The van der Waals surface area contributed by atoms with Crippen molar-refractivity contribution < 1.29 is 9.53 Å². The maximum Gasteiger partial charge on any atom is 0.228 e. The minimum absolute atomic E-state index is 0.121. The van der Waals surface area contributed by atoms with Crippen LogP contribution in [0, 0.1) is 12.8 Å². The van der Waals surface area contributed by atoms with Gasteiger partial charge in [-0.15, -0.1) is 0 Å². The second-order valence-electron chi connectivity index (χ2n) is 6.30. The third kappa shape index (κ3) is 4.31. The zero-order valence-electron chi connectivity index (χ0n) is 14.0. The number of carbonyl (C=O) groups excluding carboxylic acids is 1. The first-order valence-corrected chi connectivity index (χ1v) is 8.43. The van der Waals surface area contributed by atoms with Crippen LogP contribution in [0.4, 0.5) is 0 Å². The molecule has 2 heterocycles. The SMILES string of the molecule is Cc1ccccc1OCC1CCCN(C(=O)Cc2cnccn2)C1. The van der Waals surface area contributed by atoms with E-state index in [0.717, 1.165) is 42.9 Å². The molecule has 1 saturated heterocycles. The molecule has 24 heavy (non-hydrogen) atoms. The maximum atomic E-state index is 12.5. The van der Waals surface area contributed by atoms with Crippen LogP contribution in [0.1, 0.15) is 24.1 Å². The van der Waals surface area contributed by atoms with Gasteiger partial charge in [-0.3, -0.25) is 14.8 Å². The van der Waals surface area contributed by atoms with Gasteiger partial charge in [0.25, 0.3) is 0 Å². The lowest BCUT2D eigenvalue weighted by Gasteiger charge is -2.32. The molecule has 2 aromatic rings. The third-order valence-electron chi connectivity index (χ3n) is 4.39. The predicted molar refractivity (Wildman–Crippen MR) is 91.7 cm³/mol. The Bertz CT molecular complexity index is 675. The second-order valence-corrected chi connectivity index (χ2v) is 6.30. The number of carbonyl (C=O) groups is 1. The number of para-hydroxylation sites is 1. The number of nitrogens with zero attached hydrogens (tertiary/aromatic N) is 3. The van der Waals surface area contributed by atoms with E-state index in [2.05, 4.69) is 9.97 Å². The Morgan fingerprint density at radius 3 is 3.00 bits per heavy atom. The molecule has 0 saturated carbocycles. The first kappa shape index (κ1) is 16.4. The summed E-state index contributed by atoms with van der Waals surface area (Å²) in [4.78, 5) is 22.6. The number of aromatic nitrogens is 2. The highest BCUT2D eigenvalue weighted by Gasteiger charge is 2.24. The summed E-state index contributed by atoms with van der Waals surface area (Å²) in [6.45, 7) is 4.28. The van der Waals surface area contributed by atoms with Crippen molar-refractivity contribution in [2.75, 3.05) is 19.7 Å². The lowest BCUT2D eigenvalue weighted by atomic mass is 9.98. The molecule has 126 valence electrons. The Morgan fingerprint density at radius 2 is 2.21 bits per heavy atom. The summed E-state index contributed by atoms with van der Waals surface area (Å²) >= 11 is 0. The Kier molecular flexibility index (Phi) is 5.41. The molecule has 0 spiro atoms. The monoisotopic (exact) mass is 325 g/mol. The Morgan fingerprint density at radius 1 is 1.33 bits per heavy atom. The summed E-state index contributed by atoms with van der Waals surface area (Å²) in [5, 5.41) is 0. The van der Waals surface area contributed by atoms with Gasteiger partial charge in [0.05, 0.1) is 18.7 Å². The fourth-order valence-corrected chi connectivity index (χ4v) is 3.04. The van der Waals surface area contributed by atoms with Gasteiger partial charge in [0.2, 0.25) is 5.91 Å². The molecule has 5 heteroatoms. The molecular weight excluding hydrogens is 302 g/mol. The van der Waals surface area contributed by atoms with Crippen LogP contribution < -0.4 is 4.74 Å². The smallest absolute Gasteiger partial charge is 0.228 e. The van der Waals surface area contributed by atoms with Gasteiger partial charge in [0.1, 0.15) is 5.75 Å². The number of aryl methyl sites for hydroxylation is 1.